The Hall–Kier alpha value is -1.28. The lowest BCUT2D eigenvalue weighted by atomic mass is 9.95. The zero-order valence-electron chi connectivity index (χ0n) is 15.3. The molecule has 1 saturated heterocycles. The van der Waals surface area contributed by atoms with Gasteiger partial charge in [-0.15, -0.1) is 22.7 Å². The lowest BCUT2D eigenvalue weighted by Gasteiger charge is -2.24. The van der Waals surface area contributed by atoms with Crippen LogP contribution in [-0.4, -0.2) is 80.0 Å². The largest absolute Gasteiger partial charge is 0.337 e. The van der Waals surface area contributed by atoms with Crippen LogP contribution in [0.5, 0.6) is 0 Å². The van der Waals surface area contributed by atoms with Crippen LogP contribution in [0.4, 0.5) is 0 Å². The molecular formula is C18H26N4OS2. The van der Waals surface area contributed by atoms with Gasteiger partial charge in [-0.05, 0) is 51.5 Å². The highest BCUT2D eigenvalue weighted by Gasteiger charge is 2.36. The monoisotopic (exact) mass is 378 g/mol. The molecule has 0 aliphatic carbocycles. The smallest absolute Gasteiger partial charge is 0.265 e. The quantitative estimate of drug-likeness (QED) is 0.775. The molecule has 7 heteroatoms. The number of carbonyl (C=O) groups is 1. The first-order valence-corrected chi connectivity index (χ1v) is 10.2. The first kappa shape index (κ1) is 18.5. The van der Waals surface area contributed by atoms with Crippen LogP contribution in [0.15, 0.2) is 23.7 Å². The van der Waals surface area contributed by atoms with Crippen molar-refractivity contribution in [3.63, 3.8) is 0 Å². The van der Waals surface area contributed by atoms with Crippen molar-refractivity contribution in [3.05, 3.63) is 28.6 Å². The summed E-state index contributed by atoms with van der Waals surface area (Å²) in [6.45, 7) is 3.71. The van der Waals surface area contributed by atoms with Crippen molar-refractivity contribution in [3.8, 4) is 9.88 Å². The van der Waals surface area contributed by atoms with E-state index < -0.39 is 0 Å². The second-order valence-electron chi connectivity index (χ2n) is 7.26. The number of hydrogen-bond donors (Lipinski definition) is 0. The minimum atomic E-state index is 0.130. The van der Waals surface area contributed by atoms with Crippen LogP contribution < -0.4 is 0 Å². The van der Waals surface area contributed by atoms with Gasteiger partial charge in [0, 0.05) is 26.2 Å². The summed E-state index contributed by atoms with van der Waals surface area (Å²) in [7, 11) is 8.42. The van der Waals surface area contributed by atoms with Crippen LogP contribution in [0, 0.1) is 11.8 Å². The van der Waals surface area contributed by atoms with E-state index in [1.807, 2.05) is 22.4 Å². The number of hydrogen-bond acceptors (Lipinski definition) is 6. The average molecular weight is 379 g/mol. The van der Waals surface area contributed by atoms with Crippen molar-refractivity contribution in [1.82, 2.24) is 19.7 Å². The van der Waals surface area contributed by atoms with Crippen molar-refractivity contribution in [2.75, 3.05) is 54.4 Å². The summed E-state index contributed by atoms with van der Waals surface area (Å²) in [4.78, 5) is 25.8. The van der Waals surface area contributed by atoms with E-state index in [2.05, 4.69) is 43.0 Å². The molecule has 0 aromatic carbocycles. The molecule has 1 amide bonds. The van der Waals surface area contributed by atoms with Gasteiger partial charge in [0.2, 0.25) is 0 Å². The number of nitrogens with zero attached hydrogens (tertiary/aromatic N) is 4. The fraction of sp³-hybridized carbons (Fsp3) is 0.556. The topological polar surface area (TPSA) is 39.7 Å². The highest BCUT2D eigenvalue weighted by Crippen LogP contribution is 2.31. The van der Waals surface area contributed by atoms with E-state index in [0.29, 0.717) is 11.8 Å². The zero-order valence-corrected chi connectivity index (χ0v) is 16.9. The lowest BCUT2D eigenvalue weighted by molar-refractivity contribution is 0.0786. The number of amides is 1. The molecule has 2 aromatic rings. The van der Waals surface area contributed by atoms with Crippen molar-refractivity contribution >= 4 is 28.6 Å². The third kappa shape index (κ3) is 4.47. The second-order valence-corrected chi connectivity index (χ2v) is 9.24. The molecule has 2 aromatic heterocycles. The Bertz CT molecular complexity index is 678. The number of carbonyl (C=O) groups excluding carboxylic acids is 1. The number of likely N-dealkylation sites (tertiary alicyclic amines) is 1. The molecule has 25 heavy (non-hydrogen) atoms. The van der Waals surface area contributed by atoms with Gasteiger partial charge in [-0.25, -0.2) is 4.98 Å². The molecular weight excluding hydrogens is 352 g/mol. The maximum absolute atomic E-state index is 13.0. The molecule has 3 rings (SSSR count). The molecule has 136 valence electrons. The third-order valence-corrected chi connectivity index (χ3v) is 6.54. The molecule has 0 spiro atoms. The van der Waals surface area contributed by atoms with Crippen LogP contribution in [0.1, 0.15) is 9.67 Å². The van der Waals surface area contributed by atoms with Crippen LogP contribution >= 0.6 is 22.7 Å². The number of thiazole rings is 1. The first-order valence-electron chi connectivity index (χ1n) is 8.52. The van der Waals surface area contributed by atoms with Gasteiger partial charge in [0.1, 0.15) is 9.88 Å². The van der Waals surface area contributed by atoms with Gasteiger partial charge in [0.15, 0.2) is 0 Å². The summed E-state index contributed by atoms with van der Waals surface area (Å²) in [5.41, 5.74) is 0. The molecule has 1 fully saturated rings. The Labute approximate surface area is 157 Å². The minimum absolute atomic E-state index is 0.130. The maximum Gasteiger partial charge on any atom is 0.265 e. The van der Waals surface area contributed by atoms with E-state index in [1.54, 1.807) is 17.5 Å². The number of aromatic nitrogens is 1. The molecule has 1 aliphatic rings. The van der Waals surface area contributed by atoms with Crippen molar-refractivity contribution in [2.45, 2.75) is 0 Å². The third-order valence-electron chi connectivity index (χ3n) is 4.51. The Balaban J connectivity index is 1.71. The molecule has 0 unspecified atom stereocenters. The van der Waals surface area contributed by atoms with Crippen LogP contribution in [0.2, 0.25) is 0 Å². The Morgan fingerprint density at radius 3 is 2.36 bits per heavy atom. The molecule has 2 atom stereocenters. The summed E-state index contributed by atoms with van der Waals surface area (Å²) in [5, 5.41) is 2.98. The van der Waals surface area contributed by atoms with E-state index in [-0.39, 0.29) is 5.91 Å². The fourth-order valence-electron chi connectivity index (χ4n) is 3.50. The molecule has 5 nitrogen and oxygen atoms in total. The first-order chi connectivity index (χ1) is 11.9. The molecule has 1 aliphatic heterocycles. The van der Waals surface area contributed by atoms with Gasteiger partial charge >= 0.3 is 0 Å². The predicted molar refractivity (Wildman–Crippen MR) is 105 cm³/mol. The van der Waals surface area contributed by atoms with Gasteiger partial charge in [0.05, 0.1) is 11.1 Å². The molecule has 0 bridgehead atoms. The summed E-state index contributed by atoms with van der Waals surface area (Å²) >= 11 is 3.16. The molecule has 0 N–H and O–H groups in total. The SMILES string of the molecule is CN(C)C[C@@H]1CN(C(=O)c2cnc(-c3cccs3)s2)C[C@H]1CN(C)C. The normalized spacial score (nSPS) is 20.8. The van der Waals surface area contributed by atoms with Crippen molar-refractivity contribution in [2.24, 2.45) is 11.8 Å². The summed E-state index contributed by atoms with van der Waals surface area (Å²) in [5.74, 6) is 1.17. The fourth-order valence-corrected chi connectivity index (χ4v) is 5.19. The van der Waals surface area contributed by atoms with Crippen molar-refractivity contribution < 1.29 is 4.79 Å². The zero-order chi connectivity index (χ0) is 18.0. The van der Waals surface area contributed by atoms with E-state index in [1.165, 1.54) is 11.3 Å². The van der Waals surface area contributed by atoms with Gasteiger partial charge in [-0.3, -0.25) is 4.79 Å². The van der Waals surface area contributed by atoms with Gasteiger partial charge in [0.25, 0.3) is 5.91 Å². The highest BCUT2D eigenvalue weighted by molar-refractivity contribution is 7.21. The van der Waals surface area contributed by atoms with Crippen LogP contribution in [0.25, 0.3) is 9.88 Å². The molecule has 0 radical (unpaired) electrons. The minimum Gasteiger partial charge on any atom is -0.337 e. The van der Waals surface area contributed by atoms with E-state index in [4.69, 9.17) is 0 Å². The highest BCUT2D eigenvalue weighted by atomic mass is 32.1. The van der Waals surface area contributed by atoms with E-state index in [0.717, 1.165) is 40.9 Å². The van der Waals surface area contributed by atoms with Gasteiger partial charge < -0.3 is 14.7 Å². The lowest BCUT2D eigenvalue weighted by Crippen LogP contribution is -2.32. The Morgan fingerprint density at radius 1 is 1.20 bits per heavy atom. The summed E-state index contributed by atoms with van der Waals surface area (Å²) < 4.78 is 0. The molecule has 0 saturated carbocycles. The van der Waals surface area contributed by atoms with Gasteiger partial charge in [-0.1, -0.05) is 6.07 Å². The van der Waals surface area contributed by atoms with E-state index >= 15 is 0 Å². The second kappa shape index (κ2) is 7.95. The number of rotatable bonds is 6. The van der Waals surface area contributed by atoms with Crippen LogP contribution in [0.3, 0.4) is 0 Å². The Kier molecular flexibility index (Phi) is 5.89. The standard InChI is InChI=1S/C18H26N4OS2/c1-20(2)9-13-11-22(12-14(13)10-21(3)4)18(23)16-8-19-17(25-16)15-6-5-7-24-15/h5-8,13-14H,9-12H2,1-4H3/t13-,14-/m1/s1. The van der Waals surface area contributed by atoms with Crippen LogP contribution in [-0.2, 0) is 0 Å². The predicted octanol–water partition coefficient (Wildman–Crippen LogP) is 2.68. The van der Waals surface area contributed by atoms with Crippen molar-refractivity contribution in [1.29, 1.82) is 0 Å². The number of thiophene rings is 1. The Morgan fingerprint density at radius 2 is 1.84 bits per heavy atom. The average Bonchev–Trinajstić information content (AvgIpc) is 3.26. The van der Waals surface area contributed by atoms with E-state index in [9.17, 15) is 4.79 Å². The van der Waals surface area contributed by atoms with Gasteiger partial charge in [-0.2, -0.15) is 0 Å². The summed E-state index contributed by atoms with van der Waals surface area (Å²) in [6.07, 6.45) is 1.74. The molecule has 3 heterocycles. The summed E-state index contributed by atoms with van der Waals surface area (Å²) in [6, 6.07) is 4.06. The maximum atomic E-state index is 13.0.